The number of amides is 2. The molecule has 0 saturated carbocycles. The van der Waals surface area contributed by atoms with Gasteiger partial charge in [-0.15, -0.1) is 0 Å². The number of hydrogen-bond donors (Lipinski definition) is 1. The van der Waals surface area contributed by atoms with Crippen LogP contribution in [-0.4, -0.2) is 42.9 Å². The zero-order valence-electron chi connectivity index (χ0n) is 16.6. The van der Waals surface area contributed by atoms with E-state index in [0.29, 0.717) is 22.0 Å². The summed E-state index contributed by atoms with van der Waals surface area (Å²) in [5.41, 5.74) is 0.970. The van der Waals surface area contributed by atoms with Crippen molar-refractivity contribution in [3.8, 4) is 11.5 Å². The van der Waals surface area contributed by atoms with Crippen molar-refractivity contribution in [1.82, 2.24) is 4.90 Å². The third kappa shape index (κ3) is 3.66. The van der Waals surface area contributed by atoms with Crippen LogP contribution in [0.15, 0.2) is 30.3 Å². The van der Waals surface area contributed by atoms with Gasteiger partial charge in [-0.1, -0.05) is 23.2 Å². The Morgan fingerprint density at radius 3 is 2.61 bits per heavy atom. The summed E-state index contributed by atoms with van der Waals surface area (Å²) in [6.07, 6.45) is -0.635. The van der Waals surface area contributed by atoms with Crippen LogP contribution in [0.4, 0.5) is 5.69 Å². The van der Waals surface area contributed by atoms with Crippen molar-refractivity contribution >= 4 is 46.7 Å². The molecule has 1 N–H and O–H groups in total. The number of esters is 1. The standard InChI is InChI=1S/C21H18Cl2N2O6/c1-29-15-7-4-11-17(18(15)30-2)21(28)31-20(11)25-14(6-8-16(25)26)19(27)24-13-5-3-10(22)9-12(13)23/h3-5,7,9,14,20H,6,8H2,1-2H3,(H,24,27). The van der Waals surface area contributed by atoms with Gasteiger partial charge in [-0.05, 0) is 36.8 Å². The minimum Gasteiger partial charge on any atom is -0.493 e. The molecule has 2 aliphatic rings. The van der Waals surface area contributed by atoms with E-state index in [4.69, 9.17) is 37.4 Å². The minimum absolute atomic E-state index is 0.142. The number of fused-ring (bicyclic) bond motifs is 1. The largest absolute Gasteiger partial charge is 0.493 e. The Kier molecular flexibility index (Phi) is 5.68. The Morgan fingerprint density at radius 1 is 1.16 bits per heavy atom. The topological polar surface area (TPSA) is 94.2 Å². The van der Waals surface area contributed by atoms with Crippen LogP contribution in [0, 0.1) is 0 Å². The van der Waals surface area contributed by atoms with Crippen LogP contribution in [0.5, 0.6) is 11.5 Å². The number of likely N-dealkylation sites (tertiary alicyclic amines) is 1. The van der Waals surface area contributed by atoms with Crippen molar-refractivity contribution in [2.24, 2.45) is 0 Å². The molecule has 0 aliphatic carbocycles. The van der Waals surface area contributed by atoms with Crippen LogP contribution >= 0.6 is 23.2 Å². The van der Waals surface area contributed by atoms with Gasteiger partial charge in [-0.3, -0.25) is 14.5 Å². The lowest BCUT2D eigenvalue weighted by Gasteiger charge is -2.29. The Hall–Kier alpha value is -2.97. The molecule has 0 radical (unpaired) electrons. The highest BCUT2D eigenvalue weighted by atomic mass is 35.5. The highest BCUT2D eigenvalue weighted by Crippen LogP contribution is 2.45. The third-order valence-electron chi connectivity index (χ3n) is 5.27. The molecule has 4 rings (SSSR count). The van der Waals surface area contributed by atoms with Gasteiger partial charge in [-0.25, -0.2) is 4.79 Å². The summed E-state index contributed by atoms with van der Waals surface area (Å²) in [6, 6.07) is 7.07. The van der Waals surface area contributed by atoms with E-state index >= 15 is 0 Å². The van der Waals surface area contributed by atoms with Crippen molar-refractivity contribution in [2.45, 2.75) is 25.1 Å². The van der Waals surface area contributed by atoms with Crippen molar-refractivity contribution in [1.29, 1.82) is 0 Å². The number of halogens is 2. The van der Waals surface area contributed by atoms with Crippen molar-refractivity contribution < 1.29 is 28.6 Å². The van der Waals surface area contributed by atoms with Crippen LogP contribution in [0.25, 0.3) is 0 Å². The van der Waals surface area contributed by atoms with Crippen molar-refractivity contribution in [3.63, 3.8) is 0 Å². The molecule has 1 saturated heterocycles. The fourth-order valence-electron chi connectivity index (χ4n) is 3.85. The first-order valence-electron chi connectivity index (χ1n) is 9.38. The molecule has 2 aromatic carbocycles. The van der Waals surface area contributed by atoms with E-state index in [1.54, 1.807) is 24.3 Å². The third-order valence-corrected chi connectivity index (χ3v) is 5.81. The maximum Gasteiger partial charge on any atom is 0.344 e. The molecule has 10 heteroatoms. The molecule has 0 spiro atoms. The fraction of sp³-hybridized carbons (Fsp3) is 0.286. The molecule has 2 aliphatic heterocycles. The summed E-state index contributed by atoms with van der Waals surface area (Å²) >= 11 is 12.0. The Balaban J connectivity index is 1.65. The number of methoxy groups -OCH3 is 2. The van der Waals surface area contributed by atoms with Gasteiger partial charge in [0.05, 0.1) is 24.9 Å². The molecule has 0 bridgehead atoms. The minimum atomic E-state index is -1.05. The average molecular weight is 465 g/mol. The number of ether oxygens (including phenoxy) is 3. The normalized spacial score (nSPS) is 19.8. The van der Waals surface area contributed by atoms with E-state index in [9.17, 15) is 14.4 Å². The summed E-state index contributed by atoms with van der Waals surface area (Å²) in [4.78, 5) is 39.6. The molecule has 2 amide bonds. The molecule has 162 valence electrons. The zero-order chi connectivity index (χ0) is 22.3. The first-order chi connectivity index (χ1) is 14.8. The Bertz CT molecular complexity index is 1090. The molecule has 1 fully saturated rings. The molecule has 2 heterocycles. The van der Waals surface area contributed by atoms with Crippen LogP contribution in [0.2, 0.25) is 10.0 Å². The highest BCUT2D eigenvalue weighted by Gasteiger charge is 2.47. The lowest BCUT2D eigenvalue weighted by molar-refractivity contribution is -0.144. The van der Waals surface area contributed by atoms with Gasteiger partial charge >= 0.3 is 5.97 Å². The number of carbonyl (C=O) groups is 3. The molecular weight excluding hydrogens is 447 g/mol. The van der Waals surface area contributed by atoms with Crippen molar-refractivity contribution in [3.05, 3.63) is 51.5 Å². The predicted octanol–water partition coefficient (Wildman–Crippen LogP) is 3.81. The number of hydrogen-bond acceptors (Lipinski definition) is 6. The maximum atomic E-state index is 13.0. The molecule has 8 nitrogen and oxygen atoms in total. The van der Waals surface area contributed by atoms with Gasteiger partial charge in [0.1, 0.15) is 11.6 Å². The van der Waals surface area contributed by atoms with E-state index in [-0.39, 0.29) is 35.1 Å². The lowest BCUT2D eigenvalue weighted by Crippen LogP contribution is -2.43. The number of anilines is 1. The van der Waals surface area contributed by atoms with Gasteiger partial charge in [0, 0.05) is 17.0 Å². The SMILES string of the molecule is COc1ccc2c(c1OC)C(=O)OC2N1C(=O)CCC1C(=O)Nc1ccc(Cl)cc1Cl. The van der Waals surface area contributed by atoms with E-state index in [1.807, 2.05) is 0 Å². The monoisotopic (exact) mass is 464 g/mol. The lowest BCUT2D eigenvalue weighted by atomic mass is 10.1. The molecule has 31 heavy (non-hydrogen) atoms. The van der Waals surface area contributed by atoms with Gasteiger partial charge in [-0.2, -0.15) is 0 Å². The molecular formula is C21H18Cl2N2O6. The predicted molar refractivity (Wildman–Crippen MR) is 113 cm³/mol. The van der Waals surface area contributed by atoms with Gasteiger partial charge in [0.25, 0.3) is 0 Å². The quantitative estimate of drug-likeness (QED) is 0.676. The first kappa shape index (κ1) is 21.3. The Morgan fingerprint density at radius 2 is 1.94 bits per heavy atom. The van der Waals surface area contributed by atoms with Crippen LogP contribution in [0.3, 0.4) is 0 Å². The second-order valence-corrected chi connectivity index (χ2v) is 7.84. The molecule has 0 aromatic heterocycles. The van der Waals surface area contributed by atoms with E-state index < -0.39 is 24.1 Å². The number of rotatable bonds is 5. The van der Waals surface area contributed by atoms with Gasteiger partial charge < -0.3 is 19.5 Å². The van der Waals surface area contributed by atoms with Gasteiger partial charge in [0.2, 0.25) is 18.0 Å². The van der Waals surface area contributed by atoms with E-state index in [0.717, 1.165) is 0 Å². The highest BCUT2D eigenvalue weighted by molar-refractivity contribution is 6.36. The summed E-state index contributed by atoms with van der Waals surface area (Å²) in [7, 11) is 2.86. The number of cyclic esters (lactones) is 1. The smallest absolute Gasteiger partial charge is 0.344 e. The molecule has 2 aromatic rings. The number of nitrogens with one attached hydrogen (secondary N) is 1. The maximum absolute atomic E-state index is 13.0. The zero-order valence-corrected chi connectivity index (χ0v) is 18.1. The molecule has 2 atom stereocenters. The van der Waals surface area contributed by atoms with Crippen LogP contribution < -0.4 is 14.8 Å². The second kappa shape index (κ2) is 8.28. The number of nitrogens with zero attached hydrogens (tertiary/aromatic N) is 1. The molecule has 2 unspecified atom stereocenters. The van der Waals surface area contributed by atoms with Crippen LogP contribution in [0.1, 0.15) is 35.0 Å². The fourth-order valence-corrected chi connectivity index (χ4v) is 4.31. The van der Waals surface area contributed by atoms with E-state index in [1.165, 1.54) is 25.2 Å². The number of carbonyl (C=O) groups excluding carboxylic acids is 3. The van der Waals surface area contributed by atoms with Crippen LogP contribution in [-0.2, 0) is 14.3 Å². The van der Waals surface area contributed by atoms with E-state index in [2.05, 4.69) is 5.32 Å². The Labute approximate surface area is 188 Å². The van der Waals surface area contributed by atoms with Crippen molar-refractivity contribution in [2.75, 3.05) is 19.5 Å². The van der Waals surface area contributed by atoms with Gasteiger partial charge in [0.15, 0.2) is 11.5 Å². The second-order valence-electron chi connectivity index (χ2n) is 6.99. The summed E-state index contributed by atoms with van der Waals surface area (Å²) in [5.74, 6) is -0.829. The summed E-state index contributed by atoms with van der Waals surface area (Å²) in [5, 5.41) is 3.42. The summed E-state index contributed by atoms with van der Waals surface area (Å²) in [6.45, 7) is 0. The average Bonchev–Trinajstić information content (AvgIpc) is 3.29. The summed E-state index contributed by atoms with van der Waals surface area (Å²) < 4.78 is 16.1. The first-order valence-corrected chi connectivity index (χ1v) is 10.1. The number of benzene rings is 2.